The fourth-order valence-electron chi connectivity index (χ4n) is 3.55. The summed E-state index contributed by atoms with van der Waals surface area (Å²) in [7, 11) is 0. The maximum Gasteiger partial charge on any atom is 0.416 e. The lowest BCUT2D eigenvalue weighted by molar-refractivity contribution is -0.137. The number of aromatic carboxylic acids is 1. The molecule has 1 atom stereocenters. The molecule has 0 aromatic heterocycles. The Morgan fingerprint density at radius 2 is 1.74 bits per heavy atom. The smallest absolute Gasteiger partial charge is 0.416 e. The molecule has 1 fully saturated rings. The number of alkyl halides is 3. The summed E-state index contributed by atoms with van der Waals surface area (Å²) in [6.07, 6.45) is -4.83. The third-order valence-corrected chi connectivity index (χ3v) is 6.67. The van der Waals surface area contributed by atoms with Gasteiger partial charge in [0.25, 0.3) is 0 Å². The van der Waals surface area contributed by atoms with Crippen LogP contribution >= 0.6 is 11.8 Å². The molecule has 3 aromatic rings. The molecule has 12 heteroatoms. The van der Waals surface area contributed by atoms with Gasteiger partial charge in [-0.2, -0.15) is 13.2 Å². The number of anilines is 1. The molecule has 2 amide bonds. The topological polar surface area (TPSA) is 99.1 Å². The Hall–Kier alpha value is -4.19. The monoisotopic (exact) mass is 545 g/mol. The van der Waals surface area contributed by atoms with E-state index in [2.05, 4.69) is 10.3 Å². The zero-order valence-electron chi connectivity index (χ0n) is 19.4. The zero-order chi connectivity index (χ0) is 27.4. The number of amidine groups is 1. The minimum atomic E-state index is -4.60. The molecule has 38 heavy (non-hydrogen) atoms. The highest BCUT2D eigenvalue weighted by molar-refractivity contribution is 8.15. The molecule has 1 heterocycles. The van der Waals surface area contributed by atoms with Crippen LogP contribution in [0.15, 0.2) is 77.8 Å². The predicted octanol–water partition coefficient (Wildman–Crippen LogP) is 5.70. The number of carbonyl (C=O) groups is 3. The van der Waals surface area contributed by atoms with Crippen LogP contribution in [-0.4, -0.2) is 38.2 Å². The highest BCUT2D eigenvalue weighted by Crippen LogP contribution is 2.34. The number of thioether (sulfide) groups is 1. The Kier molecular flexibility index (Phi) is 7.81. The number of nitrogens with zero attached hydrogens (tertiary/aromatic N) is 2. The number of aliphatic imine (C=N–C) groups is 1. The highest BCUT2D eigenvalue weighted by atomic mass is 32.2. The average molecular weight is 546 g/mol. The molecule has 0 bridgehead atoms. The lowest BCUT2D eigenvalue weighted by Gasteiger charge is -2.32. The van der Waals surface area contributed by atoms with Gasteiger partial charge in [-0.25, -0.2) is 14.2 Å². The van der Waals surface area contributed by atoms with Crippen LogP contribution in [0.1, 0.15) is 27.9 Å². The number of rotatable bonds is 6. The summed E-state index contributed by atoms with van der Waals surface area (Å²) in [5.41, 5.74) is -0.103. The zero-order valence-corrected chi connectivity index (χ0v) is 20.2. The summed E-state index contributed by atoms with van der Waals surface area (Å²) >= 11 is 0.903. The van der Waals surface area contributed by atoms with E-state index < -0.39 is 40.6 Å². The van der Waals surface area contributed by atoms with Gasteiger partial charge in [0.2, 0.25) is 11.8 Å². The molecule has 7 nitrogen and oxygen atoms in total. The molecule has 1 unspecified atom stereocenters. The second-order valence-electron chi connectivity index (χ2n) is 8.23. The van der Waals surface area contributed by atoms with Crippen molar-refractivity contribution in [1.82, 2.24) is 4.90 Å². The molecule has 3 aromatic carbocycles. The number of hydrogen-bond donors (Lipinski definition) is 2. The Morgan fingerprint density at radius 1 is 1.05 bits per heavy atom. The summed E-state index contributed by atoms with van der Waals surface area (Å²) < 4.78 is 53.0. The maximum atomic E-state index is 13.3. The van der Waals surface area contributed by atoms with Crippen LogP contribution < -0.4 is 5.32 Å². The first kappa shape index (κ1) is 26.9. The van der Waals surface area contributed by atoms with E-state index in [-0.39, 0.29) is 29.4 Å². The number of benzene rings is 3. The van der Waals surface area contributed by atoms with Crippen molar-refractivity contribution in [1.29, 1.82) is 0 Å². The standard InChI is InChI=1S/C26H19F4N3O4S/c27-18-8-4-15(5-9-18)14-33-22(34)13-21(23(35)31-19-10-6-16(7-11-19)24(36)37)38-25(33)32-20-3-1-2-17(12-20)26(28,29)30/h1-12,21H,13-14H2,(H,31,35)(H,36,37). The van der Waals surface area contributed by atoms with E-state index in [0.717, 1.165) is 23.9 Å². The van der Waals surface area contributed by atoms with E-state index in [1.807, 2.05) is 0 Å². The minimum absolute atomic E-state index is 0.00581. The van der Waals surface area contributed by atoms with Gasteiger partial charge in [0, 0.05) is 12.1 Å². The van der Waals surface area contributed by atoms with Gasteiger partial charge < -0.3 is 10.4 Å². The second kappa shape index (κ2) is 11.1. The predicted molar refractivity (Wildman–Crippen MR) is 134 cm³/mol. The molecule has 196 valence electrons. The number of hydrogen-bond acceptors (Lipinski definition) is 5. The first-order valence-electron chi connectivity index (χ1n) is 11.1. The number of carbonyl (C=O) groups excluding carboxylic acids is 2. The van der Waals surface area contributed by atoms with Gasteiger partial charge in [-0.3, -0.25) is 14.5 Å². The summed E-state index contributed by atoms with van der Waals surface area (Å²) in [5, 5.41) is 10.7. The summed E-state index contributed by atoms with van der Waals surface area (Å²) in [6, 6.07) is 15.0. The SMILES string of the molecule is O=C(O)c1ccc(NC(=O)C2CC(=O)N(Cc3ccc(F)cc3)C(=Nc3cccc(C(F)(F)F)c3)S2)cc1. The van der Waals surface area contributed by atoms with Crippen molar-refractivity contribution >= 4 is 46.1 Å². The van der Waals surface area contributed by atoms with Crippen molar-refractivity contribution in [2.75, 3.05) is 5.32 Å². The fraction of sp³-hybridized carbons (Fsp3) is 0.154. The largest absolute Gasteiger partial charge is 0.478 e. The van der Waals surface area contributed by atoms with E-state index in [0.29, 0.717) is 11.3 Å². The van der Waals surface area contributed by atoms with Gasteiger partial charge in [0.05, 0.1) is 23.4 Å². The number of carboxylic acids is 1. The Balaban J connectivity index is 1.62. The van der Waals surface area contributed by atoms with Crippen LogP contribution in [0, 0.1) is 5.82 Å². The van der Waals surface area contributed by atoms with Crippen LogP contribution in [0.4, 0.5) is 28.9 Å². The molecule has 4 rings (SSSR count). The van der Waals surface area contributed by atoms with Crippen LogP contribution in [-0.2, 0) is 22.3 Å². The molecule has 0 saturated carbocycles. The molecule has 1 aliphatic rings. The van der Waals surface area contributed by atoms with Crippen molar-refractivity contribution in [3.8, 4) is 0 Å². The van der Waals surface area contributed by atoms with E-state index in [4.69, 9.17) is 5.11 Å². The summed E-state index contributed by atoms with van der Waals surface area (Å²) in [4.78, 5) is 42.6. The van der Waals surface area contributed by atoms with Crippen molar-refractivity contribution in [2.24, 2.45) is 4.99 Å². The Morgan fingerprint density at radius 3 is 2.37 bits per heavy atom. The van der Waals surface area contributed by atoms with E-state index >= 15 is 0 Å². The molecule has 1 aliphatic heterocycles. The van der Waals surface area contributed by atoms with Crippen molar-refractivity contribution in [2.45, 2.75) is 24.4 Å². The molecule has 0 aliphatic carbocycles. The van der Waals surface area contributed by atoms with Crippen LogP contribution in [0.3, 0.4) is 0 Å². The van der Waals surface area contributed by atoms with Gasteiger partial charge in [0.15, 0.2) is 5.17 Å². The lowest BCUT2D eigenvalue weighted by Crippen LogP contribution is -2.44. The van der Waals surface area contributed by atoms with Crippen LogP contribution in [0.5, 0.6) is 0 Å². The molecular formula is C26H19F4N3O4S. The molecule has 1 saturated heterocycles. The average Bonchev–Trinajstić information content (AvgIpc) is 2.87. The van der Waals surface area contributed by atoms with Crippen LogP contribution in [0.2, 0.25) is 0 Å². The third-order valence-electron chi connectivity index (χ3n) is 5.48. The first-order valence-corrected chi connectivity index (χ1v) is 12.0. The van der Waals surface area contributed by atoms with Gasteiger partial charge in [0.1, 0.15) is 11.1 Å². The van der Waals surface area contributed by atoms with Gasteiger partial charge in [-0.1, -0.05) is 30.0 Å². The first-order chi connectivity index (χ1) is 18.0. The van der Waals surface area contributed by atoms with Crippen molar-refractivity contribution in [3.63, 3.8) is 0 Å². The fourth-order valence-corrected chi connectivity index (χ4v) is 4.65. The van der Waals surface area contributed by atoms with Gasteiger partial charge in [-0.15, -0.1) is 0 Å². The number of amides is 2. The molecular weight excluding hydrogens is 526 g/mol. The molecule has 2 N–H and O–H groups in total. The second-order valence-corrected chi connectivity index (χ2v) is 9.40. The Labute approximate surface area is 218 Å². The van der Waals surface area contributed by atoms with Gasteiger partial charge >= 0.3 is 12.1 Å². The number of carboxylic acid groups (broad SMARTS) is 1. The third kappa shape index (κ3) is 6.57. The van der Waals surface area contributed by atoms with Crippen LogP contribution in [0.25, 0.3) is 0 Å². The van der Waals surface area contributed by atoms with E-state index in [9.17, 15) is 31.9 Å². The highest BCUT2D eigenvalue weighted by Gasteiger charge is 2.36. The van der Waals surface area contributed by atoms with Crippen molar-refractivity contribution < 1.29 is 37.1 Å². The summed E-state index contributed by atoms with van der Waals surface area (Å²) in [5.74, 6) is -2.67. The molecule has 0 radical (unpaired) electrons. The maximum absolute atomic E-state index is 13.3. The van der Waals surface area contributed by atoms with E-state index in [1.54, 1.807) is 0 Å². The number of halogens is 4. The molecule has 0 spiro atoms. The van der Waals surface area contributed by atoms with Gasteiger partial charge in [-0.05, 0) is 60.2 Å². The normalized spacial score (nSPS) is 16.9. The minimum Gasteiger partial charge on any atom is -0.478 e. The van der Waals surface area contributed by atoms with E-state index in [1.165, 1.54) is 65.6 Å². The summed E-state index contributed by atoms with van der Waals surface area (Å²) in [6.45, 7) is -0.0328. The number of nitrogens with one attached hydrogen (secondary N) is 1. The quantitative estimate of drug-likeness (QED) is 0.387. The Bertz CT molecular complexity index is 1390. The van der Waals surface area contributed by atoms with Crippen molar-refractivity contribution in [3.05, 3.63) is 95.3 Å². The lowest BCUT2D eigenvalue weighted by atomic mass is 10.1.